The molecule has 4 rings (SSSR count). The van der Waals surface area contributed by atoms with E-state index in [1.54, 1.807) is 47.2 Å². The third kappa shape index (κ3) is 3.05. The first-order valence-corrected chi connectivity index (χ1v) is 8.88. The zero-order valence-electron chi connectivity index (χ0n) is 15.6. The molecule has 0 fully saturated rings. The molecule has 4 aromatic rings. The van der Waals surface area contributed by atoms with E-state index in [4.69, 9.17) is 11.3 Å². The van der Waals surface area contributed by atoms with Crippen molar-refractivity contribution in [2.75, 3.05) is 7.11 Å². The number of methoxy groups -OCH3 is 1. The number of rotatable bonds is 6. The second kappa shape index (κ2) is 7.44. The van der Waals surface area contributed by atoms with Crippen LogP contribution in [0, 0.1) is 6.57 Å². The van der Waals surface area contributed by atoms with Crippen molar-refractivity contribution in [1.82, 2.24) is 34.3 Å². The molecular weight excluding hydrogens is 356 g/mol. The van der Waals surface area contributed by atoms with E-state index in [9.17, 15) is 0 Å². The number of nitrogens with zero attached hydrogens (tertiary/aromatic N) is 8. The average molecular weight is 374 g/mol. The van der Waals surface area contributed by atoms with Crippen molar-refractivity contribution in [3.63, 3.8) is 0 Å². The summed E-state index contributed by atoms with van der Waals surface area (Å²) in [5, 5.41) is 8.64. The molecule has 0 saturated carbocycles. The van der Waals surface area contributed by atoms with E-state index < -0.39 is 0 Å². The minimum atomic E-state index is 0.316. The number of hydrogen-bond acceptors (Lipinski definition) is 6. The van der Waals surface area contributed by atoms with Gasteiger partial charge in [0.1, 0.15) is 6.33 Å². The predicted octanol–water partition coefficient (Wildman–Crippen LogP) is 2.81. The minimum Gasteiger partial charge on any atom is -0.466 e. The van der Waals surface area contributed by atoms with E-state index >= 15 is 0 Å². The van der Waals surface area contributed by atoms with Crippen LogP contribution in [0.25, 0.3) is 16.3 Å². The van der Waals surface area contributed by atoms with Crippen molar-refractivity contribution in [3.05, 3.63) is 65.3 Å². The first kappa shape index (κ1) is 17.6. The zero-order chi connectivity index (χ0) is 19.5. The highest BCUT2D eigenvalue weighted by Crippen LogP contribution is 2.24. The van der Waals surface area contributed by atoms with Crippen LogP contribution in [0.3, 0.4) is 0 Å². The Kier molecular flexibility index (Phi) is 4.68. The van der Waals surface area contributed by atoms with Crippen LogP contribution in [-0.4, -0.2) is 41.5 Å². The van der Waals surface area contributed by atoms with Gasteiger partial charge in [-0.25, -0.2) is 19.5 Å². The van der Waals surface area contributed by atoms with Gasteiger partial charge in [-0.3, -0.25) is 0 Å². The topological polar surface area (TPSA) is 87.4 Å². The highest BCUT2D eigenvalue weighted by atomic mass is 16.5. The van der Waals surface area contributed by atoms with Gasteiger partial charge in [-0.1, -0.05) is 25.5 Å². The maximum atomic E-state index is 7.38. The fraction of sp³-hybridized carbons (Fsp3) is 0.263. The second-order valence-corrected chi connectivity index (χ2v) is 6.16. The van der Waals surface area contributed by atoms with Crippen LogP contribution in [0.15, 0.2) is 36.9 Å². The van der Waals surface area contributed by atoms with Crippen molar-refractivity contribution in [3.8, 4) is 11.8 Å². The lowest BCUT2D eigenvalue weighted by Crippen LogP contribution is -2.09. The second-order valence-electron chi connectivity index (χ2n) is 6.16. The monoisotopic (exact) mass is 374 g/mol. The van der Waals surface area contributed by atoms with Gasteiger partial charge in [0.25, 0.3) is 0 Å². The number of hydrogen-bond donors (Lipinski definition) is 0. The van der Waals surface area contributed by atoms with Gasteiger partial charge in [0.15, 0.2) is 11.5 Å². The number of ether oxygens (including phenoxy) is 1. The summed E-state index contributed by atoms with van der Waals surface area (Å²) in [6.07, 6.45) is 7.31. The van der Waals surface area contributed by atoms with Crippen molar-refractivity contribution >= 4 is 11.3 Å². The Labute approximate surface area is 161 Å². The van der Waals surface area contributed by atoms with Gasteiger partial charge in [0, 0.05) is 24.4 Å². The van der Waals surface area contributed by atoms with Crippen molar-refractivity contribution < 1.29 is 4.74 Å². The lowest BCUT2D eigenvalue weighted by atomic mass is 10.1. The molecule has 0 atom stereocenters. The molecule has 9 nitrogen and oxygen atoms in total. The van der Waals surface area contributed by atoms with Crippen LogP contribution in [-0.2, 0) is 12.8 Å². The quantitative estimate of drug-likeness (QED) is 0.482. The molecule has 0 unspecified atom stereocenters. The van der Waals surface area contributed by atoms with E-state index in [0.717, 1.165) is 35.4 Å². The van der Waals surface area contributed by atoms with Crippen molar-refractivity contribution in [2.24, 2.45) is 0 Å². The third-order valence-electron chi connectivity index (χ3n) is 4.39. The first-order chi connectivity index (χ1) is 13.7. The maximum Gasteiger partial charge on any atom is 0.336 e. The van der Waals surface area contributed by atoms with Crippen LogP contribution < -0.4 is 4.74 Å². The number of aromatic nitrogens is 7. The summed E-state index contributed by atoms with van der Waals surface area (Å²) >= 11 is 0. The van der Waals surface area contributed by atoms with Gasteiger partial charge in [0.2, 0.25) is 5.69 Å². The van der Waals surface area contributed by atoms with Gasteiger partial charge in [0.05, 0.1) is 25.1 Å². The van der Waals surface area contributed by atoms with Crippen molar-refractivity contribution in [2.45, 2.75) is 26.2 Å². The molecule has 0 aromatic carbocycles. The smallest absolute Gasteiger partial charge is 0.336 e. The van der Waals surface area contributed by atoms with E-state index in [1.165, 1.54) is 0 Å². The van der Waals surface area contributed by atoms with Crippen LogP contribution >= 0.6 is 0 Å². The molecule has 4 heterocycles. The fourth-order valence-electron chi connectivity index (χ4n) is 3.13. The summed E-state index contributed by atoms with van der Waals surface area (Å²) < 4.78 is 8.49. The molecule has 28 heavy (non-hydrogen) atoms. The maximum absolute atomic E-state index is 7.38. The number of fused-ring (bicyclic) bond motifs is 1. The molecule has 9 heteroatoms. The Balaban J connectivity index is 1.79. The van der Waals surface area contributed by atoms with Gasteiger partial charge >= 0.3 is 6.01 Å². The highest BCUT2D eigenvalue weighted by Gasteiger charge is 2.17. The molecule has 0 spiro atoms. The Morgan fingerprint density at radius 3 is 2.89 bits per heavy atom. The normalized spacial score (nSPS) is 10.9. The molecule has 0 N–H and O–H groups in total. The molecule has 0 bridgehead atoms. The van der Waals surface area contributed by atoms with Crippen LogP contribution in [0.1, 0.15) is 30.3 Å². The summed E-state index contributed by atoms with van der Waals surface area (Å²) in [6.45, 7) is 9.49. The predicted molar refractivity (Wildman–Crippen MR) is 102 cm³/mol. The number of pyridine rings is 1. The van der Waals surface area contributed by atoms with E-state index in [2.05, 4.69) is 36.9 Å². The Morgan fingerprint density at radius 1 is 1.21 bits per heavy atom. The molecule has 0 aliphatic carbocycles. The molecule has 0 aliphatic rings. The Hall–Kier alpha value is -3.80. The summed E-state index contributed by atoms with van der Waals surface area (Å²) in [6, 6.07) is 5.70. The molecule has 140 valence electrons. The largest absolute Gasteiger partial charge is 0.466 e. The molecule has 0 radical (unpaired) electrons. The summed E-state index contributed by atoms with van der Waals surface area (Å²) in [5.41, 5.74) is 4.01. The lowest BCUT2D eigenvalue weighted by molar-refractivity contribution is 0.380. The fourth-order valence-corrected chi connectivity index (χ4v) is 3.13. The lowest BCUT2D eigenvalue weighted by Gasteiger charge is -2.11. The first-order valence-electron chi connectivity index (χ1n) is 8.88. The Morgan fingerprint density at radius 2 is 2.11 bits per heavy atom. The van der Waals surface area contributed by atoms with Gasteiger partial charge in [-0.2, -0.15) is 14.6 Å². The zero-order valence-corrected chi connectivity index (χ0v) is 15.6. The minimum absolute atomic E-state index is 0.316. The van der Waals surface area contributed by atoms with E-state index in [-0.39, 0.29) is 0 Å². The van der Waals surface area contributed by atoms with Gasteiger partial charge in [-0.05, 0) is 12.5 Å². The SMILES string of the molecule is [C-]#[N+]c1cccnc1-n1nccc1Cc1ncn2nc(OC)nc2c1CCC. The molecule has 0 saturated heterocycles. The van der Waals surface area contributed by atoms with Crippen LogP contribution in [0.5, 0.6) is 6.01 Å². The Bertz CT molecular complexity index is 1170. The number of aryl methyl sites for hydroxylation is 1. The molecule has 0 aliphatic heterocycles. The molecular formula is C19H18N8O. The van der Waals surface area contributed by atoms with Crippen molar-refractivity contribution in [1.29, 1.82) is 0 Å². The van der Waals surface area contributed by atoms with Gasteiger partial charge in [-0.15, -0.1) is 5.10 Å². The van der Waals surface area contributed by atoms with E-state index in [0.29, 0.717) is 23.9 Å². The van der Waals surface area contributed by atoms with Crippen LogP contribution in [0.4, 0.5) is 5.69 Å². The molecule has 0 amide bonds. The van der Waals surface area contributed by atoms with Gasteiger partial charge < -0.3 is 4.74 Å². The summed E-state index contributed by atoms with van der Waals surface area (Å²) in [5.74, 6) is 0.514. The standard InChI is InChI=1S/C19H18N8O/c1-4-6-14-16(22-12-26-17(14)24-19(25-26)28-3)11-13-8-10-23-27(13)18-15(20-2)7-5-9-21-18/h5,7-10,12H,4,6,11H2,1,3H3. The molecule has 4 aromatic heterocycles. The van der Waals surface area contributed by atoms with Crippen LogP contribution in [0.2, 0.25) is 0 Å². The van der Waals surface area contributed by atoms with E-state index in [1.807, 2.05) is 6.07 Å². The summed E-state index contributed by atoms with van der Waals surface area (Å²) in [4.78, 5) is 17.0. The average Bonchev–Trinajstić information content (AvgIpc) is 3.36. The third-order valence-corrected chi connectivity index (χ3v) is 4.39. The highest BCUT2D eigenvalue weighted by molar-refractivity contribution is 5.58. The summed E-state index contributed by atoms with van der Waals surface area (Å²) in [7, 11) is 1.54.